The molecule has 0 fully saturated rings. The first-order valence-corrected chi connectivity index (χ1v) is 8.25. The maximum Gasteiger partial charge on any atom is 0.203 e. The van der Waals surface area contributed by atoms with Gasteiger partial charge in [-0.2, -0.15) is 5.10 Å². The number of benzene rings is 2. The first-order valence-electron chi connectivity index (χ1n) is 6.61. The number of phenols is 1. The molecular weight excluding hydrogens is 353 g/mol. The standard InChI is InChI=1S/C16H11Cl2N3OS/c17-12-6-5-10(7-13(12)18)14-9-23-16(20-14)21-19-8-11-3-1-2-4-15(11)22/h1-9,22H,(H,20,21)/b19-8-. The lowest BCUT2D eigenvalue weighted by atomic mass is 10.2. The third kappa shape index (κ3) is 3.82. The van der Waals surface area contributed by atoms with Crippen molar-refractivity contribution in [3.8, 4) is 17.0 Å². The van der Waals surface area contributed by atoms with Crippen molar-refractivity contribution in [2.24, 2.45) is 5.10 Å². The lowest BCUT2D eigenvalue weighted by Gasteiger charge is -1.99. The molecule has 0 aliphatic heterocycles. The number of aromatic nitrogens is 1. The van der Waals surface area contributed by atoms with Crippen LogP contribution in [0, 0.1) is 0 Å². The van der Waals surface area contributed by atoms with Gasteiger partial charge in [0.15, 0.2) is 0 Å². The molecule has 23 heavy (non-hydrogen) atoms. The highest BCUT2D eigenvalue weighted by molar-refractivity contribution is 7.14. The van der Waals surface area contributed by atoms with Crippen LogP contribution in [-0.2, 0) is 0 Å². The van der Waals surface area contributed by atoms with Crippen molar-refractivity contribution in [3.63, 3.8) is 0 Å². The smallest absolute Gasteiger partial charge is 0.203 e. The summed E-state index contributed by atoms with van der Waals surface area (Å²) in [6.45, 7) is 0. The fraction of sp³-hybridized carbons (Fsp3) is 0. The third-order valence-corrected chi connectivity index (χ3v) is 4.51. The lowest BCUT2D eigenvalue weighted by Crippen LogP contribution is -1.90. The molecule has 0 saturated carbocycles. The highest BCUT2D eigenvalue weighted by Gasteiger charge is 2.06. The van der Waals surface area contributed by atoms with Gasteiger partial charge in [-0.1, -0.05) is 41.4 Å². The van der Waals surface area contributed by atoms with E-state index in [1.807, 2.05) is 17.5 Å². The van der Waals surface area contributed by atoms with E-state index in [0.717, 1.165) is 11.3 Å². The summed E-state index contributed by atoms with van der Waals surface area (Å²) in [5, 5.41) is 17.3. The summed E-state index contributed by atoms with van der Waals surface area (Å²) in [6.07, 6.45) is 1.54. The van der Waals surface area contributed by atoms with E-state index in [-0.39, 0.29) is 5.75 Å². The Morgan fingerprint density at radius 1 is 1.13 bits per heavy atom. The number of anilines is 1. The van der Waals surface area contributed by atoms with Crippen LogP contribution in [0.25, 0.3) is 11.3 Å². The number of thiazole rings is 1. The van der Waals surface area contributed by atoms with Crippen molar-refractivity contribution in [1.82, 2.24) is 4.98 Å². The van der Waals surface area contributed by atoms with E-state index in [1.165, 1.54) is 17.6 Å². The molecule has 0 amide bonds. The monoisotopic (exact) mass is 363 g/mol. The number of halogens is 2. The summed E-state index contributed by atoms with van der Waals surface area (Å²) in [4.78, 5) is 4.43. The van der Waals surface area contributed by atoms with E-state index in [4.69, 9.17) is 23.2 Å². The van der Waals surface area contributed by atoms with Gasteiger partial charge in [0.25, 0.3) is 0 Å². The Kier molecular flexibility index (Phi) is 4.81. The van der Waals surface area contributed by atoms with E-state index in [9.17, 15) is 5.11 Å². The number of hydrogen-bond acceptors (Lipinski definition) is 5. The first kappa shape index (κ1) is 15.8. The lowest BCUT2D eigenvalue weighted by molar-refractivity contribution is 0.474. The van der Waals surface area contributed by atoms with Gasteiger partial charge < -0.3 is 5.11 Å². The number of hydrazone groups is 1. The van der Waals surface area contributed by atoms with Crippen LogP contribution in [0.1, 0.15) is 5.56 Å². The van der Waals surface area contributed by atoms with Crippen LogP contribution in [-0.4, -0.2) is 16.3 Å². The minimum Gasteiger partial charge on any atom is -0.507 e. The Hall–Kier alpha value is -2.08. The zero-order valence-corrected chi connectivity index (χ0v) is 14.0. The summed E-state index contributed by atoms with van der Waals surface area (Å²) in [5.41, 5.74) is 5.14. The molecule has 0 aliphatic carbocycles. The van der Waals surface area contributed by atoms with Crippen LogP contribution in [0.2, 0.25) is 10.0 Å². The Morgan fingerprint density at radius 2 is 1.96 bits per heavy atom. The predicted molar refractivity (Wildman–Crippen MR) is 96.9 cm³/mol. The van der Waals surface area contributed by atoms with Crippen molar-refractivity contribution in [2.75, 3.05) is 5.43 Å². The van der Waals surface area contributed by atoms with Gasteiger partial charge in [0.2, 0.25) is 5.13 Å². The SMILES string of the molecule is Oc1ccccc1/C=N\Nc1nc(-c2ccc(Cl)c(Cl)c2)cs1. The van der Waals surface area contributed by atoms with Crippen molar-refractivity contribution < 1.29 is 5.11 Å². The summed E-state index contributed by atoms with van der Waals surface area (Å²) >= 11 is 13.3. The third-order valence-electron chi connectivity index (χ3n) is 3.02. The molecule has 0 radical (unpaired) electrons. The van der Waals surface area contributed by atoms with E-state index < -0.39 is 0 Å². The summed E-state index contributed by atoms with van der Waals surface area (Å²) in [7, 11) is 0. The number of para-hydroxylation sites is 1. The minimum atomic E-state index is 0.175. The van der Waals surface area contributed by atoms with Crippen molar-refractivity contribution >= 4 is 45.9 Å². The summed E-state index contributed by atoms with van der Waals surface area (Å²) in [5.74, 6) is 0.175. The number of nitrogens with zero attached hydrogens (tertiary/aromatic N) is 2. The molecule has 2 aromatic carbocycles. The summed E-state index contributed by atoms with van der Waals surface area (Å²) < 4.78 is 0. The maximum atomic E-state index is 9.65. The van der Waals surface area contributed by atoms with E-state index in [1.54, 1.807) is 30.3 Å². The normalized spacial score (nSPS) is 11.0. The second kappa shape index (κ2) is 7.00. The second-order valence-corrected chi connectivity index (χ2v) is 6.27. The van der Waals surface area contributed by atoms with Gasteiger partial charge in [-0.25, -0.2) is 4.98 Å². The van der Waals surface area contributed by atoms with Gasteiger partial charge in [-0.3, -0.25) is 5.43 Å². The predicted octanol–water partition coefficient (Wildman–Crippen LogP) is 5.27. The number of nitrogens with one attached hydrogen (secondary N) is 1. The van der Waals surface area contributed by atoms with Crippen LogP contribution < -0.4 is 5.43 Å². The molecule has 0 aliphatic rings. The zero-order chi connectivity index (χ0) is 16.2. The Morgan fingerprint density at radius 3 is 2.74 bits per heavy atom. The number of rotatable bonds is 4. The average molecular weight is 364 g/mol. The molecule has 2 N–H and O–H groups in total. The molecule has 0 spiro atoms. The molecular formula is C16H11Cl2N3OS. The van der Waals surface area contributed by atoms with E-state index >= 15 is 0 Å². The maximum absolute atomic E-state index is 9.65. The van der Waals surface area contributed by atoms with Gasteiger partial charge in [0.05, 0.1) is 22.0 Å². The first-order chi connectivity index (χ1) is 11.1. The quantitative estimate of drug-likeness (QED) is 0.490. The van der Waals surface area contributed by atoms with Gasteiger partial charge >= 0.3 is 0 Å². The topological polar surface area (TPSA) is 57.5 Å². The van der Waals surface area contributed by atoms with Crippen LogP contribution in [0.3, 0.4) is 0 Å². The van der Waals surface area contributed by atoms with E-state index in [0.29, 0.717) is 20.7 Å². The fourth-order valence-electron chi connectivity index (χ4n) is 1.87. The molecule has 0 bridgehead atoms. The highest BCUT2D eigenvalue weighted by atomic mass is 35.5. The second-order valence-electron chi connectivity index (χ2n) is 4.60. The number of phenolic OH excluding ortho intramolecular Hbond substituents is 1. The van der Waals surface area contributed by atoms with Gasteiger partial charge in [-0.15, -0.1) is 11.3 Å². The van der Waals surface area contributed by atoms with E-state index in [2.05, 4.69) is 15.5 Å². The zero-order valence-electron chi connectivity index (χ0n) is 11.7. The van der Waals surface area contributed by atoms with Gasteiger partial charge in [0, 0.05) is 16.5 Å². The number of aromatic hydroxyl groups is 1. The molecule has 3 aromatic rings. The fourth-order valence-corrected chi connectivity index (χ4v) is 2.83. The van der Waals surface area contributed by atoms with Crippen molar-refractivity contribution in [1.29, 1.82) is 0 Å². The molecule has 7 heteroatoms. The largest absolute Gasteiger partial charge is 0.507 e. The molecule has 116 valence electrons. The van der Waals surface area contributed by atoms with Gasteiger partial charge in [-0.05, 0) is 24.3 Å². The Bertz CT molecular complexity index is 864. The average Bonchev–Trinajstić information content (AvgIpc) is 3.01. The van der Waals surface area contributed by atoms with Crippen LogP contribution in [0.4, 0.5) is 5.13 Å². The number of hydrogen-bond donors (Lipinski definition) is 2. The molecule has 1 heterocycles. The Balaban J connectivity index is 1.72. The van der Waals surface area contributed by atoms with Crippen LogP contribution in [0.15, 0.2) is 52.9 Å². The van der Waals surface area contributed by atoms with Gasteiger partial charge in [0.1, 0.15) is 5.75 Å². The highest BCUT2D eigenvalue weighted by Crippen LogP contribution is 2.30. The Labute approximate surface area is 147 Å². The van der Waals surface area contributed by atoms with Crippen molar-refractivity contribution in [2.45, 2.75) is 0 Å². The molecule has 0 saturated heterocycles. The van der Waals surface area contributed by atoms with Crippen LogP contribution in [0.5, 0.6) is 5.75 Å². The molecule has 4 nitrogen and oxygen atoms in total. The van der Waals surface area contributed by atoms with Crippen molar-refractivity contribution in [3.05, 3.63) is 63.5 Å². The molecule has 1 aromatic heterocycles. The molecule has 3 rings (SSSR count). The molecule has 0 unspecified atom stereocenters. The van der Waals surface area contributed by atoms with Crippen LogP contribution >= 0.6 is 34.5 Å². The molecule has 0 atom stereocenters. The minimum absolute atomic E-state index is 0.175. The summed E-state index contributed by atoms with van der Waals surface area (Å²) in [6, 6.07) is 12.3.